The SMILES string of the molecule is CCC(Sc1cccc(NC(=O)Cc2ccc(Cl)cc2)c1)C(=O)Nc1nc(-c2ccccc2)c(C)s1. The van der Waals surface area contributed by atoms with Crippen LogP contribution in [0.2, 0.25) is 5.02 Å². The van der Waals surface area contributed by atoms with Crippen LogP contribution in [-0.4, -0.2) is 22.0 Å². The van der Waals surface area contributed by atoms with E-state index in [1.54, 1.807) is 12.1 Å². The smallest absolute Gasteiger partial charge is 0.239 e. The minimum atomic E-state index is -0.297. The Morgan fingerprint density at radius 1 is 1.00 bits per heavy atom. The van der Waals surface area contributed by atoms with Crippen LogP contribution in [0.1, 0.15) is 23.8 Å². The number of hydrogen-bond donors (Lipinski definition) is 2. The van der Waals surface area contributed by atoms with Crippen molar-refractivity contribution in [1.29, 1.82) is 0 Å². The molecule has 0 saturated heterocycles. The summed E-state index contributed by atoms with van der Waals surface area (Å²) in [6.07, 6.45) is 0.909. The third-order valence-electron chi connectivity index (χ3n) is 5.41. The van der Waals surface area contributed by atoms with E-state index in [2.05, 4.69) is 15.6 Å². The molecule has 36 heavy (non-hydrogen) atoms. The summed E-state index contributed by atoms with van der Waals surface area (Å²) in [7, 11) is 0. The first-order valence-corrected chi connectivity index (χ1v) is 13.6. The lowest BCUT2D eigenvalue weighted by molar-refractivity contribution is -0.116. The van der Waals surface area contributed by atoms with Crippen LogP contribution in [0.25, 0.3) is 11.3 Å². The maximum absolute atomic E-state index is 13.1. The van der Waals surface area contributed by atoms with Crippen LogP contribution >= 0.6 is 34.7 Å². The van der Waals surface area contributed by atoms with Crippen LogP contribution < -0.4 is 10.6 Å². The van der Waals surface area contributed by atoms with Crippen molar-refractivity contribution in [2.45, 2.75) is 36.8 Å². The summed E-state index contributed by atoms with van der Waals surface area (Å²) in [5.74, 6) is -0.203. The Labute approximate surface area is 224 Å². The number of benzene rings is 3. The number of aryl methyl sites for hydroxylation is 1. The van der Waals surface area contributed by atoms with Gasteiger partial charge in [0, 0.05) is 26.0 Å². The molecule has 2 N–H and O–H groups in total. The first-order valence-electron chi connectivity index (χ1n) is 11.6. The Morgan fingerprint density at radius 3 is 2.47 bits per heavy atom. The number of amides is 2. The summed E-state index contributed by atoms with van der Waals surface area (Å²) < 4.78 is 0. The van der Waals surface area contributed by atoms with Gasteiger partial charge in [0.1, 0.15) is 0 Å². The van der Waals surface area contributed by atoms with Gasteiger partial charge in [0.15, 0.2) is 5.13 Å². The molecule has 4 aromatic rings. The summed E-state index contributed by atoms with van der Waals surface area (Å²) in [6.45, 7) is 3.99. The van der Waals surface area contributed by atoms with Crippen LogP contribution in [0.15, 0.2) is 83.8 Å². The third kappa shape index (κ3) is 6.97. The number of thiazole rings is 1. The zero-order valence-corrected chi connectivity index (χ0v) is 22.3. The lowest BCUT2D eigenvalue weighted by Gasteiger charge is -2.14. The number of halogens is 1. The van der Waals surface area contributed by atoms with Crippen molar-refractivity contribution in [2.24, 2.45) is 0 Å². The molecule has 3 aromatic carbocycles. The average molecular weight is 536 g/mol. The highest BCUT2D eigenvalue weighted by molar-refractivity contribution is 8.00. The van der Waals surface area contributed by atoms with E-state index < -0.39 is 0 Å². The molecule has 8 heteroatoms. The lowest BCUT2D eigenvalue weighted by atomic mass is 10.1. The predicted molar refractivity (Wildman–Crippen MR) is 151 cm³/mol. The fourth-order valence-corrected chi connectivity index (χ4v) is 5.60. The standard InChI is InChI=1S/C28H26ClN3O2S2/c1-3-24(27(34)32-28-31-26(18(2)35-28)20-8-5-4-6-9-20)36-23-11-7-10-22(17-23)30-25(33)16-19-12-14-21(29)15-13-19/h4-15,17,24H,3,16H2,1-2H3,(H,30,33)(H,31,32,34). The van der Waals surface area contributed by atoms with E-state index in [-0.39, 0.29) is 23.5 Å². The van der Waals surface area contributed by atoms with Gasteiger partial charge < -0.3 is 10.6 Å². The molecule has 0 saturated carbocycles. The molecule has 0 spiro atoms. The molecule has 0 aliphatic rings. The number of nitrogens with zero attached hydrogens (tertiary/aromatic N) is 1. The topological polar surface area (TPSA) is 71.1 Å². The molecule has 4 rings (SSSR count). The Balaban J connectivity index is 1.38. The van der Waals surface area contributed by atoms with E-state index in [1.807, 2.05) is 80.6 Å². The number of carbonyl (C=O) groups is 2. The monoisotopic (exact) mass is 535 g/mol. The van der Waals surface area contributed by atoms with Gasteiger partial charge in [-0.1, -0.05) is 67.1 Å². The molecule has 2 amide bonds. The quantitative estimate of drug-likeness (QED) is 0.218. The number of aromatic nitrogens is 1. The first kappa shape index (κ1) is 25.9. The molecule has 1 atom stereocenters. The van der Waals surface area contributed by atoms with Crippen molar-refractivity contribution in [2.75, 3.05) is 10.6 Å². The van der Waals surface area contributed by atoms with E-state index in [0.29, 0.717) is 22.3 Å². The zero-order valence-electron chi connectivity index (χ0n) is 20.0. The van der Waals surface area contributed by atoms with Crippen molar-refractivity contribution in [3.63, 3.8) is 0 Å². The second-order valence-corrected chi connectivity index (χ2v) is 11.1. The van der Waals surface area contributed by atoms with E-state index in [9.17, 15) is 9.59 Å². The number of rotatable bonds is 9. The molecule has 0 aliphatic carbocycles. The maximum atomic E-state index is 13.1. The Bertz CT molecular complexity index is 1340. The minimum Gasteiger partial charge on any atom is -0.326 e. The molecule has 0 bridgehead atoms. The van der Waals surface area contributed by atoms with Crippen LogP contribution in [-0.2, 0) is 16.0 Å². The molecule has 0 fully saturated rings. The molecule has 1 heterocycles. The summed E-state index contributed by atoms with van der Waals surface area (Å²) in [4.78, 5) is 32.1. The lowest BCUT2D eigenvalue weighted by Crippen LogP contribution is -2.24. The summed E-state index contributed by atoms with van der Waals surface area (Å²) in [6, 6.07) is 24.7. The normalized spacial score (nSPS) is 11.6. The summed E-state index contributed by atoms with van der Waals surface area (Å²) in [5, 5.41) is 6.86. The zero-order chi connectivity index (χ0) is 25.5. The van der Waals surface area contributed by atoms with Crippen molar-refractivity contribution in [3.05, 3.63) is 94.3 Å². The van der Waals surface area contributed by atoms with E-state index in [0.717, 1.165) is 26.6 Å². The highest BCUT2D eigenvalue weighted by Crippen LogP contribution is 2.32. The van der Waals surface area contributed by atoms with E-state index >= 15 is 0 Å². The van der Waals surface area contributed by atoms with Gasteiger partial charge in [-0.15, -0.1) is 23.1 Å². The summed E-state index contributed by atoms with van der Waals surface area (Å²) in [5.41, 5.74) is 3.50. The largest absolute Gasteiger partial charge is 0.326 e. The van der Waals surface area contributed by atoms with Crippen molar-refractivity contribution in [3.8, 4) is 11.3 Å². The number of anilines is 2. The highest BCUT2D eigenvalue weighted by atomic mass is 35.5. The van der Waals surface area contributed by atoms with Gasteiger partial charge in [-0.3, -0.25) is 9.59 Å². The second-order valence-electron chi connectivity index (χ2n) is 8.17. The fourth-order valence-electron chi connectivity index (χ4n) is 3.63. The van der Waals surface area contributed by atoms with Crippen LogP contribution in [0.4, 0.5) is 10.8 Å². The maximum Gasteiger partial charge on any atom is 0.239 e. The molecule has 1 unspecified atom stereocenters. The van der Waals surface area contributed by atoms with E-state index in [1.165, 1.54) is 23.1 Å². The average Bonchev–Trinajstić information content (AvgIpc) is 3.24. The van der Waals surface area contributed by atoms with Gasteiger partial charge >= 0.3 is 0 Å². The van der Waals surface area contributed by atoms with Crippen LogP contribution in [0.3, 0.4) is 0 Å². The number of thioether (sulfide) groups is 1. The number of hydrogen-bond acceptors (Lipinski definition) is 5. The predicted octanol–water partition coefficient (Wildman–Crippen LogP) is 7.46. The van der Waals surface area contributed by atoms with Gasteiger partial charge in [-0.05, 0) is 49.2 Å². The van der Waals surface area contributed by atoms with Gasteiger partial charge in [0.25, 0.3) is 0 Å². The Morgan fingerprint density at radius 2 is 1.75 bits per heavy atom. The van der Waals surface area contributed by atoms with Crippen LogP contribution in [0.5, 0.6) is 0 Å². The molecular formula is C28H26ClN3O2S2. The van der Waals surface area contributed by atoms with Gasteiger partial charge in [-0.2, -0.15) is 0 Å². The molecule has 0 radical (unpaired) electrons. The van der Waals surface area contributed by atoms with Crippen molar-refractivity contribution < 1.29 is 9.59 Å². The van der Waals surface area contributed by atoms with Crippen LogP contribution in [0, 0.1) is 6.92 Å². The highest BCUT2D eigenvalue weighted by Gasteiger charge is 2.20. The van der Waals surface area contributed by atoms with E-state index in [4.69, 9.17) is 11.6 Å². The van der Waals surface area contributed by atoms with Gasteiger partial charge in [-0.25, -0.2) is 4.98 Å². The summed E-state index contributed by atoms with van der Waals surface area (Å²) >= 11 is 8.86. The molecule has 1 aromatic heterocycles. The number of carbonyl (C=O) groups excluding carboxylic acids is 2. The number of nitrogens with one attached hydrogen (secondary N) is 2. The molecule has 5 nitrogen and oxygen atoms in total. The molecule has 0 aliphatic heterocycles. The Kier molecular flexibility index (Phi) is 8.80. The van der Waals surface area contributed by atoms with Crippen molar-refractivity contribution >= 4 is 57.3 Å². The molecular weight excluding hydrogens is 510 g/mol. The van der Waals surface area contributed by atoms with Gasteiger partial charge in [0.05, 0.1) is 17.4 Å². The fraction of sp³-hybridized carbons (Fsp3) is 0.179. The van der Waals surface area contributed by atoms with Gasteiger partial charge in [0.2, 0.25) is 11.8 Å². The second kappa shape index (κ2) is 12.2. The third-order valence-corrected chi connectivity index (χ3v) is 7.91. The first-order chi connectivity index (χ1) is 17.4. The van der Waals surface area contributed by atoms with Crippen molar-refractivity contribution in [1.82, 2.24) is 4.98 Å². The molecule has 184 valence electrons. The minimum absolute atomic E-state index is 0.0898. The Hall–Kier alpha value is -3.13.